The topological polar surface area (TPSA) is 79.9 Å². The molecule has 1 aliphatic heterocycles. The lowest BCUT2D eigenvalue weighted by atomic mass is 10.0. The summed E-state index contributed by atoms with van der Waals surface area (Å²) in [6, 6.07) is 1.86. The van der Waals surface area contributed by atoms with E-state index in [1.54, 1.807) is 13.1 Å². The second-order valence-corrected chi connectivity index (χ2v) is 4.76. The van der Waals surface area contributed by atoms with E-state index in [0.29, 0.717) is 18.2 Å². The number of ether oxygens (including phenoxy) is 1. The first-order chi connectivity index (χ1) is 9.24. The van der Waals surface area contributed by atoms with Crippen LogP contribution in [0.2, 0.25) is 0 Å². The first-order valence-electron chi connectivity index (χ1n) is 6.44. The lowest BCUT2D eigenvalue weighted by Crippen LogP contribution is -2.30. The standard InChI is InChI=1S/C13H16N4O2/c1-8-15-11-10(4-5-14-11)12(16-8)17-13(18)9-3-2-6-19-7-9/h4-5,9H,2-3,6-7H2,1H3,(H2,14,15,16,17,18). The lowest BCUT2D eigenvalue weighted by Gasteiger charge is -2.21. The summed E-state index contributed by atoms with van der Waals surface area (Å²) in [5.41, 5.74) is 0.739. The number of nitrogens with one attached hydrogen (secondary N) is 2. The summed E-state index contributed by atoms with van der Waals surface area (Å²) >= 11 is 0. The van der Waals surface area contributed by atoms with Gasteiger partial charge in [0.25, 0.3) is 0 Å². The first-order valence-corrected chi connectivity index (χ1v) is 6.44. The molecule has 3 rings (SSSR count). The predicted molar refractivity (Wildman–Crippen MR) is 70.8 cm³/mol. The summed E-state index contributed by atoms with van der Waals surface area (Å²) in [6.07, 6.45) is 3.59. The van der Waals surface area contributed by atoms with Crippen LogP contribution >= 0.6 is 0 Å². The molecule has 1 unspecified atom stereocenters. The Morgan fingerprint density at radius 2 is 2.42 bits per heavy atom. The molecule has 2 aromatic heterocycles. The number of H-pyrrole nitrogens is 1. The van der Waals surface area contributed by atoms with Crippen molar-refractivity contribution < 1.29 is 9.53 Å². The number of carbonyl (C=O) groups excluding carboxylic acids is 1. The third-order valence-electron chi connectivity index (χ3n) is 3.30. The number of carbonyl (C=O) groups is 1. The monoisotopic (exact) mass is 260 g/mol. The highest BCUT2D eigenvalue weighted by Gasteiger charge is 2.22. The number of aryl methyl sites for hydroxylation is 1. The van der Waals surface area contributed by atoms with Crippen molar-refractivity contribution in [2.45, 2.75) is 19.8 Å². The van der Waals surface area contributed by atoms with Crippen LogP contribution < -0.4 is 5.32 Å². The molecule has 100 valence electrons. The number of aromatic amines is 1. The highest BCUT2D eigenvalue weighted by molar-refractivity contribution is 5.99. The zero-order valence-corrected chi connectivity index (χ0v) is 10.8. The Hall–Kier alpha value is -1.95. The predicted octanol–water partition coefficient (Wildman–Crippen LogP) is 1.63. The van der Waals surface area contributed by atoms with Gasteiger partial charge in [0.05, 0.1) is 17.9 Å². The largest absolute Gasteiger partial charge is 0.381 e. The third kappa shape index (κ3) is 2.44. The number of rotatable bonds is 2. The summed E-state index contributed by atoms with van der Waals surface area (Å²) < 4.78 is 5.34. The van der Waals surface area contributed by atoms with Gasteiger partial charge in [-0.1, -0.05) is 0 Å². The molecule has 0 bridgehead atoms. The molecule has 0 aromatic carbocycles. The fourth-order valence-electron chi connectivity index (χ4n) is 2.31. The molecule has 0 aliphatic carbocycles. The maximum absolute atomic E-state index is 12.2. The number of aromatic nitrogens is 3. The fraction of sp³-hybridized carbons (Fsp3) is 0.462. The van der Waals surface area contributed by atoms with Crippen LogP contribution in [0.25, 0.3) is 11.0 Å². The Morgan fingerprint density at radius 1 is 1.53 bits per heavy atom. The zero-order valence-electron chi connectivity index (χ0n) is 10.8. The van der Waals surface area contributed by atoms with Crippen LogP contribution in [0.5, 0.6) is 0 Å². The van der Waals surface area contributed by atoms with Crippen molar-refractivity contribution in [3.8, 4) is 0 Å². The van der Waals surface area contributed by atoms with Gasteiger partial charge in [-0.3, -0.25) is 4.79 Å². The van der Waals surface area contributed by atoms with Crippen molar-refractivity contribution in [2.75, 3.05) is 18.5 Å². The van der Waals surface area contributed by atoms with E-state index in [2.05, 4.69) is 20.3 Å². The minimum atomic E-state index is -0.0852. The van der Waals surface area contributed by atoms with E-state index in [4.69, 9.17) is 4.74 Å². The van der Waals surface area contributed by atoms with Crippen LogP contribution in [0.3, 0.4) is 0 Å². The Morgan fingerprint density at radius 3 is 3.21 bits per heavy atom. The second kappa shape index (κ2) is 4.97. The van der Waals surface area contributed by atoms with Gasteiger partial charge in [-0.25, -0.2) is 9.97 Å². The summed E-state index contributed by atoms with van der Waals surface area (Å²) in [6.45, 7) is 3.05. The Balaban J connectivity index is 1.84. The molecule has 0 saturated carbocycles. The summed E-state index contributed by atoms with van der Waals surface area (Å²) in [7, 11) is 0. The quantitative estimate of drug-likeness (QED) is 0.860. The molecule has 6 nitrogen and oxygen atoms in total. The van der Waals surface area contributed by atoms with Gasteiger partial charge < -0.3 is 15.0 Å². The first kappa shape index (κ1) is 12.1. The van der Waals surface area contributed by atoms with E-state index in [9.17, 15) is 4.79 Å². The summed E-state index contributed by atoms with van der Waals surface area (Å²) in [5, 5.41) is 3.72. The van der Waals surface area contributed by atoms with E-state index in [1.807, 2.05) is 6.07 Å². The van der Waals surface area contributed by atoms with Crippen LogP contribution in [0.4, 0.5) is 5.82 Å². The molecule has 1 fully saturated rings. The van der Waals surface area contributed by atoms with Crippen molar-refractivity contribution in [1.82, 2.24) is 15.0 Å². The smallest absolute Gasteiger partial charge is 0.230 e. The van der Waals surface area contributed by atoms with Gasteiger partial charge in [0.1, 0.15) is 17.3 Å². The Labute approximate surface area is 110 Å². The number of fused-ring (bicyclic) bond motifs is 1. The lowest BCUT2D eigenvalue weighted by molar-refractivity contribution is -0.123. The van der Waals surface area contributed by atoms with Crippen molar-refractivity contribution in [3.63, 3.8) is 0 Å². The number of hydrogen-bond acceptors (Lipinski definition) is 4. The van der Waals surface area contributed by atoms with Crippen LogP contribution in [0, 0.1) is 12.8 Å². The van der Waals surface area contributed by atoms with E-state index in [1.165, 1.54) is 0 Å². The minimum Gasteiger partial charge on any atom is -0.381 e. The highest BCUT2D eigenvalue weighted by atomic mass is 16.5. The molecule has 1 aliphatic rings. The van der Waals surface area contributed by atoms with Crippen molar-refractivity contribution in [3.05, 3.63) is 18.1 Å². The van der Waals surface area contributed by atoms with Crippen molar-refractivity contribution >= 4 is 22.8 Å². The zero-order chi connectivity index (χ0) is 13.2. The molecule has 2 N–H and O–H groups in total. The van der Waals surface area contributed by atoms with Crippen molar-refractivity contribution in [2.24, 2.45) is 5.92 Å². The van der Waals surface area contributed by atoms with E-state index in [-0.39, 0.29) is 11.8 Å². The minimum absolute atomic E-state index is 0.0275. The van der Waals surface area contributed by atoms with E-state index < -0.39 is 0 Å². The van der Waals surface area contributed by atoms with Crippen LogP contribution in [-0.2, 0) is 9.53 Å². The molecule has 1 atom stereocenters. The molecule has 19 heavy (non-hydrogen) atoms. The second-order valence-electron chi connectivity index (χ2n) is 4.76. The summed E-state index contributed by atoms with van der Waals surface area (Å²) in [4.78, 5) is 23.8. The molecule has 2 aromatic rings. The molecule has 1 saturated heterocycles. The van der Waals surface area contributed by atoms with Gasteiger partial charge in [0.15, 0.2) is 0 Å². The normalized spacial score (nSPS) is 19.5. The average Bonchev–Trinajstić information content (AvgIpc) is 2.88. The molecular weight excluding hydrogens is 244 g/mol. The van der Waals surface area contributed by atoms with Gasteiger partial charge in [-0.05, 0) is 25.8 Å². The van der Waals surface area contributed by atoms with Gasteiger partial charge in [-0.15, -0.1) is 0 Å². The molecule has 1 amide bonds. The number of hydrogen-bond donors (Lipinski definition) is 2. The molecule has 6 heteroatoms. The number of anilines is 1. The highest BCUT2D eigenvalue weighted by Crippen LogP contribution is 2.21. The maximum atomic E-state index is 12.2. The van der Waals surface area contributed by atoms with Gasteiger partial charge in [-0.2, -0.15) is 0 Å². The van der Waals surface area contributed by atoms with Gasteiger partial charge in [0.2, 0.25) is 5.91 Å². The van der Waals surface area contributed by atoms with Crippen LogP contribution in [0.1, 0.15) is 18.7 Å². The van der Waals surface area contributed by atoms with Gasteiger partial charge in [0, 0.05) is 12.8 Å². The maximum Gasteiger partial charge on any atom is 0.230 e. The van der Waals surface area contributed by atoms with Gasteiger partial charge >= 0.3 is 0 Å². The Bertz CT molecular complexity index is 602. The molecule has 0 spiro atoms. The fourth-order valence-corrected chi connectivity index (χ4v) is 2.31. The van der Waals surface area contributed by atoms with Crippen molar-refractivity contribution in [1.29, 1.82) is 0 Å². The SMILES string of the molecule is Cc1nc(NC(=O)C2CCCOC2)c2cc[nH]c2n1. The van der Waals surface area contributed by atoms with Crippen LogP contribution in [-0.4, -0.2) is 34.1 Å². The van der Waals surface area contributed by atoms with E-state index >= 15 is 0 Å². The van der Waals surface area contributed by atoms with E-state index in [0.717, 1.165) is 30.5 Å². The molecule has 0 radical (unpaired) electrons. The number of nitrogens with zero attached hydrogens (tertiary/aromatic N) is 2. The molecule has 3 heterocycles. The number of amides is 1. The Kier molecular flexibility index (Phi) is 3.16. The summed E-state index contributed by atoms with van der Waals surface area (Å²) in [5.74, 6) is 1.09. The third-order valence-corrected chi connectivity index (χ3v) is 3.30. The molecular formula is C13H16N4O2. The van der Waals surface area contributed by atoms with Crippen LogP contribution in [0.15, 0.2) is 12.3 Å². The average molecular weight is 260 g/mol.